The number of carbonyl (C=O) groups is 1. The fourth-order valence-corrected chi connectivity index (χ4v) is 3.68. The summed E-state index contributed by atoms with van der Waals surface area (Å²) in [6.45, 7) is 0. The minimum absolute atomic E-state index is 0.0477. The highest BCUT2D eigenvalue weighted by Gasteiger charge is 2.45. The van der Waals surface area contributed by atoms with Gasteiger partial charge in [-0.05, 0) is 43.9 Å². The van der Waals surface area contributed by atoms with Crippen molar-refractivity contribution in [2.75, 3.05) is 0 Å². The van der Waals surface area contributed by atoms with Crippen molar-refractivity contribution in [3.8, 4) is 5.75 Å². The van der Waals surface area contributed by atoms with E-state index in [1.54, 1.807) is 6.20 Å². The number of benzene rings is 1. The molecule has 1 spiro atoms. The van der Waals surface area contributed by atoms with Crippen LogP contribution in [0.5, 0.6) is 5.75 Å². The van der Waals surface area contributed by atoms with Crippen molar-refractivity contribution in [1.82, 2.24) is 10.3 Å². The quantitative estimate of drug-likeness (QED) is 0.936. The van der Waals surface area contributed by atoms with Gasteiger partial charge in [0.1, 0.15) is 11.4 Å². The van der Waals surface area contributed by atoms with E-state index in [1.807, 2.05) is 36.4 Å². The molecule has 4 heteroatoms. The third kappa shape index (κ3) is 3.01. The summed E-state index contributed by atoms with van der Waals surface area (Å²) in [5.41, 5.74) is 1.99. The van der Waals surface area contributed by atoms with Gasteiger partial charge in [0, 0.05) is 30.3 Å². The second-order valence-corrected chi connectivity index (χ2v) is 6.82. The van der Waals surface area contributed by atoms with E-state index in [0.717, 1.165) is 36.3 Å². The third-order valence-corrected chi connectivity index (χ3v) is 5.13. The second-order valence-electron chi connectivity index (χ2n) is 6.82. The number of hydrogen-bond donors (Lipinski definition) is 1. The van der Waals surface area contributed by atoms with Gasteiger partial charge in [-0.1, -0.05) is 24.3 Å². The molecule has 1 amide bonds. The lowest BCUT2D eigenvalue weighted by Crippen LogP contribution is -2.49. The van der Waals surface area contributed by atoms with Crippen molar-refractivity contribution < 1.29 is 9.53 Å². The first-order valence-corrected chi connectivity index (χ1v) is 8.71. The number of amides is 1. The fraction of sp³-hybridized carbons (Fsp3) is 0.400. The molecule has 1 atom stereocenters. The monoisotopic (exact) mass is 322 g/mol. The number of rotatable bonds is 4. The highest BCUT2D eigenvalue weighted by atomic mass is 16.5. The molecule has 4 rings (SSSR count). The van der Waals surface area contributed by atoms with E-state index in [1.165, 1.54) is 6.42 Å². The highest BCUT2D eigenvalue weighted by Crippen LogP contribution is 2.48. The molecule has 1 fully saturated rings. The van der Waals surface area contributed by atoms with Gasteiger partial charge in [-0.3, -0.25) is 9.78 Å². The average Bonchev–Trinajstić information content (AvgIpc) is 2.59. The Bertz CT molecular complexity index is 725. The third-order valence-electron chi connectivity index (χ3n) is 5.13. The molecule has 1 aromatic heterocycles. The van der Waals surface area contributed by atoms with E-state index in [9.17, 15) is 4.79 Å². The lowest BCUT2D eigenvalue weighted by molar-refractivity contribution is -0.123. The number of pyridine rings is 1. The Morgan fingerprint density at radius 2 is 2.04 bits per heavy atom. The van der Waals surface area contributed by atoms with Crippen LogP contribution in [0.3, 0.4) is 0 Å². The van der Waals surface area contributed by atoms with Crippen LogP contribution in [0.15, 0.2) is 48.7 Å². The van der Waals surface area contributed by atoms with Crippen LogP contribution in [0.4, 0.5) is 0 Å². The molecule has 1 aromatic carbocycles. The molecule has 0 bridgehead atoms. The normalized spacial score (nSPS) is 20.6. The molecular formula is C20H22N2O2. The van der Waals surface area contributed by atoms with E-state index < -0.39 is 0 Å². The van der Waals surface area contributed by atoms with E-state index >= 15 is 0 Å². The summed E-state index contributed by atoms with van der Waals surface area (Å²) in [6, 6.07) is 13.9. The first kappa shape index (κ1) is 15.2. The number of carbonyl (C=O) groups excluding carboxylic acids is 1. The Kier molecular flexibility index (Phi) is 3.97. The van der Waals surface area contributed by atoms with Crippen LogP contribution < -0.4 is 10.1 Å². The number of aromatic nitrogens is 1. The molecule has 1 aliphatic carbocycles. The van der Waals surface area contributed by atoms with Crippen molar-refractivity contribution in [2.24, 2.45) is 0 Å². The SMILES string of the molecule is O=C(CCc1ccccn1)NC1CC2(CCC2)Oc2ccccc21. The zero-order chi connectivity index (χ0) is 16.4. The number of fused-ring (bicyclic) bond motifs is 1. The molecule has 124 valence electrons. The van der Waals surface area contributed by atoms with Crippen LogP contribution in [0.25, 0.3) is 0 Å². The van der Waals surface area contributed by atoms with Crippen LogP contribution in [-0.2, 0) is 11.2 Å². The number of nitrogens with zero attached hydrogens (tertiary/aromatic N) is 1. The van der Waals surface area contributed by atoms with Crippen LogP contribution in [0.2, 0.25) is 0 Å². The molecule has 24 heavy (non-hydrogen) atoms. The molecular weight excluding hydrogens is 300 g/mol. The molecule has 1 N–H and O–H groups in total. The zero-order valence-electron chi connectivity index (χ0n) is 13.7. The summed E-state index contributed by atoms with van der Waals surface area (Å²) in [4.78, 5) is 16.7. The van der Waals surface area contributed by atoms with Gasteiger partial charge < -0.3 is 10.1 Å². The smallest absolute Gasteiger partial charge is 0.220 e. The number of nitrogens with one attached hydrogen (secondary N) is 1. The van der Waals surface area contributed by atoms with Gasteiger partial charge in [-0.15, -0.1) is 0 Å². The molecule has 2 aliphatic rings. The Hall–Kier alpha value is -2.36. The van der Waals surface area contributed by atoms with Crippen molar-refractivity contribution >= 4 is 5.91 Å². The van der Waals surface area contributed by atoms with Crippen LogP contribution in [-0.4, -0.2) is 16.5 Å². The summed E-state index contributed by atoms with van der Waals surface area (Å²) in [7, 11) is 0. The largest absolute Gasteiger partial charge is 0.487 e. The van der Waals surface area contributed by atoms with Gasteiger partial charge in [-0.25, -0.2) is 0 Å². The van der Waals surface area contributed by atoms with E-state index in [0.29, 0.717) is 12.8 Å². The summed E-state index contributed by atoms with van der Waals surface area (Å²) in [6.07, 6.45) is 7.15. The highest BCUT2D eigenvalue weighted by molar-refractivity contribution is 5.77. The van der Waals surface area contributed by atoms with E-state index in [2.05, 4.69) is 16.4 Å². The topological polar surface area (TPSA) is 51.2 Å². The van der Waals surface area contributed by atoms with Gasteiger partial charge in [0.05, 0.1) is 6.04 Å². The molecule has 1 unspecified atom stereocenters. The standard InChI is InChI=1S/C20H22N2O2/c23-19(10-9-15-6-3-4-13-21-15)22-17-14-20(11-5-12-20)24-18-8-2-1-7-16(17)18/h1-4,6-8,13,17H,5,9-12,14H2,(H,22,23). The molecule has 2 aromatic rings. The average molecular weight is 322 g/mol. The summed E-state index contributed by atoms with van der Waals surface area (Å²) >= 11 is 0. The maximum absolute atomic E-state index is 12.4. The molecule has 0 saturated heterocycles. The van der Waals surface area contributed by atoms with Gasteiger partial charge in [-0.2, -0.15) is 0 Å². The Balaban J connectivity index is 1.44. The molecule has 4 nitrogen and oxygen atoms in total. The van der Waals surface area contributed by atoms with Crippen LogP contribution in [0.1, 0.15) is 49.4 Å². The lowest BCUT2D eigenvalue weighted by Gasteiger charge is -2.48. The number of para-hydroxylation sites is 1. The zero-order valence-corrected chi connectivity index (χ0v) is 13.7. The Morgan fingerprint density at radius 1 is 1.21 bits per heavy atom. The summed E-state index contributed by atoms with van der Waals surface area (Å²) < 4.78 is 6.24. The summed E-state index contributed by atoms with van der Waals surface area (Å²) in [5, 5.41) is 3.22. The van der Waals surface area contributed by atoms with Gasteiger partial charge in [0.2, 0.25) is 5.91 Å². The van der Waals surface area contributed by atoms with Gasteiger partial charge in [0.15, 0.2) is 0 Å². The number of hydrogen-bond acceptors (Lipinski definition) is 3. The van der Waals surface area contributed by atoms with E-state index in [-0.39, 0.29) is 17.6 Å². The summed E-state index contributed by atoms with van der Waals surface area (Å²) in [5.74, 6) is 1.01. The van der Waals surface area contributed by atoms with Crippen molar-refractivity contribution in [3.63, 3.8) is 0 Å². The van der Waals surface area contributed by atoms with Crippen molar-refractivity contribution in [1.29, 1.82) is 0 Å². The van der Waals surface area contributed by atoms with Crippen LogP contribution in [0, 0.1) is 0 Å². The van der Waals surface area contributed by atoms with Gasteiger partial charge in [0.25, 0.3) is 0 Å². The number of ether oxygens (including phenoxy) is 1. The fourth-order valence-electron chi connectivity index (χ4n) is 3.68. The molecule has 2 heterocycles. The molecule has 1 saturated carbocycles. The van der Waals surface area contributed by atoms with Gasteiger partial charge >= 0.3 is 0 Å². The van der Waals surface area contributed by atoms with Crippen molar-refractivity contribution in [3.05, 3.63) is 59.9 Å². The maximum Gasteiger partial charge on any atom is 0.220 e. The minimum atomic E-state index is -0.0622. The minimum Gasteiger partial charge on any atom is -0.487 e. The predicted octanol–water partition coefficient (Wildman–Crippen LogP) is 3.58. The lowest BCUT2D eigenvalue weighted by atomic mass is 9.73. The molecule has 0 radical (unpaired) electrons. The second kappa shape index (κ2) is 6.27. The Labute approximate surface area is 142 Å². The number of aryl methyl sites for hydroxylation is 1. The van der Waals surface area contributed by atoms with Crippen molar-refractivity contribution in [2.45, 2.75) is 50.2 Å². The predicted molar refractivity (Wildman–Crippen MR) is 91.7 cm³/mol. The molecule has 1 aliphatic heterocycles. The first-order chi connectivity index (χ1) is 11.7. The van der Waals surface area contributed by atoms with Crippen LogP contribution >= 0.6 is 0 Å². The Morgan fingerprint density at radius 3 is 2.79 bits per heavy atom. The first-order valence-electron chi connectivity index (χ1n) is 8.71. The van der Waals surface area contributed by atoms with E-state index in [4.69, 9.17) is 4.74 Å². The maximum atomic E-state index is 12.4.